The Morgan fingerprint density at radius 1 is 1.07 bits per heavy atom. The number of hydrogen-bond acceptors (Lipinski definition) is 4. The molecule has 7 heteroatoms. The molecule has 2 aromatic heterocycles. The Hall–Kier alpha value is -3.35. The van der Waals surface area contributed by atoms with E-state index in [1.54, 1.807) is 23.8 Å². The van der Waals surface area contributed by atoms with Crippen LogP contribution in [0.4, 0.5) is 0 Å². The average molecular weight is 392 g/mol. The molecule has 7 nitrogen and oxygen atoms in total. The lowest BCUT2D eigenvalue weighted by molar-refractivity contribution is -0.156. The number of nitrogens with zero attached hydrogens (tertiary/aromatic N) is 4. The largest absolute Gasteiger partial charge is 0.497 e. The number of amides is 2. The van der Waals surface area contributed by atoms with Gasteiger partial charge in [0.15, 0.2) is 0 Å². The Morgan fingerprint density at radius 3 is 2.55 bits per heavy atom. The molecule has 0 aliphatic carbocycles. The van der Waals surface area contributed by atoms with E-state index in [0.717, 1.165) is 28.2 Å². The van der Waals surface area contributed by atoms with Gasteiger partial charge in [-0.2, -0.15) is 0 Å². The second-order valence-electron chi connectivity index (χ2n) is 7.44. The normalized spacial score (nSPS) is 17.3. The van der Waals surface area contributed by atoms with Crippen LogP contribution in [-0.2, 0) is 22.7 Å². The Balaban J connectivity index is 1.47. The molecule has 0 radical (unpaired) electrons. The maximum absolute atomic E-state index is 12.9. The Bertz CT molecular complexity index is 1060. The van der Waals surface area contributed by atoms with Gasteiger partial charge in [0.05, 0.1) is 19.3 Å². The van der Waals surface area contributed by atoms with Gasteiger partial charge in [-0.1, -0.05) is 18.2 Å². The first-order valence-corrected chi connectivity index (χ1v) is 9.60. The molecular weight excluding hydrogens is 368 g/mol. The van der Waals surface area contributed by atoms with Gasteiger partial charge in [-0.25, -0.2) is 4.98 Å². The minimum atomic E-state index is -0.527. The van der Waals surface area contributed by atoms with Gasteiger partial charge < -0.3 is 18.9 Å². The molecule has 1 aromatic carbocycles. The van der Waals surface area contributed by atoms with Crippen molar-refractivity contribution in [2.75, 3.05) is 13.7 Å². The molecule has 2 amide bonds. The number of fused-ring (bicyclic) bond motifs is 1. The van der Waals surface area contributed by atoms with Gasteiger partial charge in [-0.15, -0.1) is 0 Å². The quantitative estimate of drug-likeness (QED) is 0.669. The van der Waals surface area contributed by atoms with Crippen LogP contribution in [-0.4, -0.2) is 50.7 Å². The summed E-state index contributed by atoms with van der Waals surface area (Å²) in [6, 6.07) is 10.9. The number of carbonyl (C=O) groups is 2. The van der Waals surface area contributed by atoms with Crippen molar-refractivity contribution in [3.05, 3.63) is 65.6 Å². The fraction of sp³-hybridized carbons (Fsp3) is 0.318. The molecular formula is C22H24N4O3. The van der Waals surface area contributed by atoms with E-state index in [1.807, 2.05) is 60.1 Å². The number of aromatic nitrogens is 2. The number of rotatable bonds is 5. The fourth-order valence-corrected chi connectivity index (χ4v) is 3.66. The molecule has 150 valence electrons. The standard InChI is InChI=1S/C22H24N4O3/c1-15-4-9-20-23-18(12-24(20)10-15)13-26-16(2)22(28)25(14-21(26)27)11-17-5-7-19(29-3)8-6-17/h4-10,12,16H,11,13-14H2,1-3H3/t16-/m0/s1. The summed E-state index contributed by atoms with van der Waals surface area (Å²) in [5.41, 5.74) is 3.69. The molecule has 1 fully saturated rings. The minimum absolute atomic E-state index is 0.0555. The third-order valence-corrected chi connectivity index (χ3v) is 5.30. The van der Waals surface area contributed by atoms with Gasteiger partial charge in [0.2, 0.25) is 11.8 Å². The molecule has 1 aliphatic heterocycles. The van der Waals surface area contributed by atoms with Gasteiger partial charge in [-0.3, -0.25) is 9.59 Å². The lowest BCUT2D eigenvalue weighted by Gasteiger charge is -2.38. The third kappa shape index (κ3) is 3.81. The summed E-state index contributed by atoms with van der Waals surface area (Å²) >= 11 is 0. The topological polar surface area (TPSA) is 67.2 Å². The molecule has 1 atom stereocenters. The maximum Gasteiger partial charge on any atom is 0.245 e. The summed E-state index contributed by atoms with van der Waals surface area (Å²) in [6.45, 7) is 4.59. The van der Waals surface area contributed by atoms with Crippen molar-refractivity contribution in [2.45, 2.75) is 33.0 Å². The summed E-state index contributed by atoms with van der Waals surface area (Å²) in [7, 11) is 1.61. The Labute approximate surface area is 169 Å². The molecule has 0 N–H and O–H groups in total. The molecule has 29 heavy (non-hydrogen) atoms. The first-order chi connectivity index (χ1) is 13.9. The van der Waals surface area contributed by atoms with Gasteiger partial charge >= 0.3 is 0 Å². The van der Waals surface area contributed by atoms with E-state index in [9.17, 15) is 9.59 Å². The van der Waals surface area contributed by atoms with Gasteiger partial charge in [0, 0.05) is 18.9 Å². The van der Waals surface area contributed by atoms with E-state index < -0.39 is 6.04 Å². The van der Waals surface area contributed by atoms with E-state index in [0.29, 0.717) is 13.1 Å². The lowest BCUT2D eigenvalue weighted by atomic mass is 10.1. The number of pyridine rings is 1. The number of benzene rings is 1. The maximum atomic E-state index is 12.9. The van der Waals surface area contributed by atoms with Crippen molar-refractivity contribution in [1.82, 2.24) is 19.2 Å². The van der Waals surface area contributed by atoms with E-state index >= 15 is 0 Å². The van der Waals surface area contributed by atoms with Crippen LogP contribution in [0, 0.1) is 6.92 Å². The highest BCUT2D eigenvalue weighted by molar-refractivity contribution is 5.94. The average Bonchev–Trinajstić information content (AvgIpc) is 3.11. The van der Waals surface area contributed by atoms with Crippen LogP contribution in [0.1, 0.15) is 23.7 Å². The van der Waals surface area contributed by atoms with Crippen LogP contribution in [0.5, 0.6) is 5.75 Å². The predicted molar refractivity (Wildman–Crippen MR) is 108 cm³/mol. The Kier molecular flexibility index (Phi) is 4.96. The predicted octanol–water partition coefficient (Wildman–Crippen LogP) is 2.41. The number of carbonyl (C=O) groups excluding carboxylic acids is 2. The van der Waals surface area contributed by atoms with Crippen LogP contribution < -0.4 is 4.74 Å². The molecule has 0 bridgehead atoms. The fourth-order valence-electron chi connectivity index (χ4n) is 3.66. The summed E-state index contributed by atoms with van der Waals surface area (Å²) in [6.07, 6.45) is 3.91. The SMILES string of the molecule is COc1ccc(CN2CC(=O)N(Cc3cn4cc(C)ccc4n3)[C@@H](C)C2=O)cc1. The number of hydrogen-bond donors (Lipinski definition) is 0. The zero-order valence-corrected chi connectivity index (χ0v) is 16.8. The van der Waals surface area contributed by atoms with Gasteiger partial charge in [0.25, 0.3) is 0 Å². The summed E-state index contributed by atoms with van der Waals surface area (Å²) < 4.78 is 7.11. The highest BCUT2D eigenvalue weighted by Crippen LogP contribution is 2.20. The van der Waals surface area contributed by atoms with Gasteiger partial charge in [-0.05, 0) is 43.2 Å². The van der Waals surface area contributed by atoms with Crippen molar-refractivity contribution in [3.63, 3.8) is 0 Å². The van der Waals surface area contributed by atoms with E-state index in [-0.39, 0.29) is 18.4 Å². The van der Waals surface area contributed by atoms with Crippen molar-refractivity contribution in [3.8, 4) is 5.75 Å². The van der Waals surface area contributed by atoms with Gasteiger partial charge in [0.1, 0.15) is 24.0 Å². The number of methoxy groups -OCH3 is 1. The third-order valence-electron chi connectivity index (χ3n) is 5.30. The Morgan fingerprint density at radius 2 is 1.83 bits per heavy atom. The van der Waals surface area contributed by atoms with E-state index in [4.69, 9.17) is 4.74 Å². The zero-order chi connectivity index (χ0) is 20.5. The minimum Gasteiger partial charge on any atom is -0.497 e. The summed E-state index contributed by atoms with van der Waals surface area (Å²) in [4.78, 5) is 33.5. The molecule has 0 saturated carbocycles. The lowest BCUT2D eigenvalue weighted by Crippen LogP contribution is -2.58. The monoisotopic (exact) mass is 392 g/mol. The first-order valence-electron chi connectivity index (χ1n) is 9.60. The van der Waals surface area contributed by atoms with Crippen molar-refractivity contribution >= 4 is 17.5 Å². The molecule has 1 saturated heterocycles. The number of imidazole rings is 1. The molecule has 4 rings (SSSR count). The van der Waals surface area contributed by atoms with Crippen LogP contribution >= 0.6 is 0 Å². The first kappa shape index (κ1) is 19.0. The second-order valence-corrected chi connectivity index (χ2v) is 7.44. The van der Waals surface area contributed by atoms with Crippen LogP contribution in [0.3, 0.4) is 0 Å². The van der Waals surface area contributed by atoms with Crippen LogP contribution in [0.25, 0.3) is 5.65 Å². The number of aryl methyl sites for hydroxylation is 1. The van der Waals surface area contributed by atoms with E-state index in [1.165, 1.54) is 0 Å². The second kappa shape index (κ2) is 7.58. The molecule has 0 unspecified atom stereocenters. The highest BCUT2D eigenvalue weighted by atomic mass is 16.5. The smallest absolute Gasteiger partial charge is 0.245 e. The molecule has 3 aromatic rings. The van der Waals surface area contributed by atoms with Crippen molar-refractivity contribution < 1.29 is 14.3 Å². The number of piperazine rings is 1. The van der Waals surface area contributed by atoms with Crippen LogP contribution in [0.2, 0.25) is 0 Å². The molecule has 1 aliphatic rings. The van der Waals surface area contributed by atoms with Crippen molar-refractivity contribution in [1.29, 1.82) is 0 Å². The summed E-state index contributed by atoms with van der Waals surface area (Å²) in [5, 5.41) is 0. The van der Waals surface area contributed by atoms with E-state index in [2.05, 4.69) is 4.98 Å². The molecule has 3 heterocycles. The highest BCUT2D eigenvalue weighted by Gasteiger charge is 2.36. The zero-order valence-electron chi connectivity index (χ0n) is 16.8. The summed E-state index contributed by atoms with van der Waals surface area (Å²) in [5.74, 6) is 0.635. The molecule has 0 spiro atoms. The van der Waals surface area contributed by atoms with Crippen LogP contribution in [0.15, 0.2) is 48.8 Å². The van der Waals surface area contributed by atoms with Crippen molar-refractivity contribution in [2.24, 2.45) is 0 Å². The number of ether oxygens (including phenoxy) is 1.